The zero-order valence-corrected chi connectivity index (χ0v) is 15.2. The summed E-state index contributed by atoms with van der Waals surface area (Å²) >= 11 is 0. The quantitative estimate of drug-likeness (QED) is 0.491. The van der Waals surface area contributed by atoms with Crippen LogP contribution >= 0.6 is 0 Å². The summed E-state index contributed by atoms with van der Waals surface area (Å²) in [5.74, 6) is 0.105. The van der Waals surface area contributed by atoms with Crippen molar-refractivity contribution in [1.82, 2.24) is 39.6 Å². The van der Waals surface area contributed by atoms with Gasteiger partial charge in [0.05, 0.1) is 11.6 Å². The lowest BCUT2D eigenvalue weighted by Gasteiger charge is -2.36. The number of hydrogen-bond donors (Lipinski definition) is 0. The standard InChI is InChI=1S/C16H15F3N10/c1-26-13-10(8-22-26)14(21-9-20-13)28-6-4-27(5-7-28)12-3-2-11-23-24-15(16(17,18)19)29(11)25-12/h2-3,8-9H,4-7H2,1H3. The van der Waals surface area contributed by atoms with Crippen LogP contribution in [0.5, 0.6) is 0 Å². The maximum atomic E-state index is 13.1. The van der Waals surface area contributed by atoms with Crippen LogP contribution in [0, 0.1) is 0 Å². The molecule has 1 aliphatic heterocycles. The summed E-state index contributed by atoms with van der Waals surface area (Å²) in [7, 11) is 1.82. The Labute approximate surface area is 161 Å². The molecule has 29 heavy (non-hydrogen) atoms. The highest BCUT2D eigenvalue weighted by Gasteiger charge is 2.38. The molecule has 0 radical (unpaired) electrons. The van der Waals surface area contributed by atoms with Gasteiger partial charge in [-0.15, -0.1) is 15.3 Å². The molecule has 10 nitrogen and oxygen atoms in total. The highest BCUT2D eigenvalue weighted by molar-refractivity contribution is 5.86. The summed E-state index contributed by atoms with van der Waals surface area (Å²) in [6.07, 6.45) is -1.38. The minimum atomic E-state index is -4.62. The van der Waals surface area contributed by atoms with E-state index in [2.05, 4.69) is 35.3 Å². The Bertz CT molecular complexity index is 1190. The fourth-order valence-corrected chi connectivity index (χ4v) is 3.47. The van der Waals surface area contributed by atoms with E-state index in [1.807, 2.05) is 11.9 Å². The second kappa shape index (κ2) is 6.25. The first kappa shape index (κ1) is 17.6. The molecule has 0 atom stereocenters. The summed E-state index contributed by atoms with van der Waals surface area (Å²) in [6, 6.07) is 3.14. The van der Waals surface area contributed by atoms with Crippen LogP contribution in [0.1, 0.15) is 5.82 Å². The van der Waals surface area contributed by atoms with Crippen LogP contribution in [0.2, 0.25) is 0 Å². The van der Waals surface area contributed by atoms with E-state index in [9.17, 15) is 13.2 Å². The first-order valence-electron chi connectivity index (χ1n) is 8.84. The van der Waals surface area contributed by atoms with Crippen molar-refractivity contribution in [2.45, 2.75) is 6.18 Å². The summed E-state index contributed by atoms with van der Waals surface area (Å²) in [5, 5.41) is 16.0. The van der Waals surface area contributed by atoms with Crippen molar-refractivity contribution in [3.8, 4) is 0 Å². The van der Waals surface area contributed by atoms with Crippen LogP contribution in [0.4, 0.5) is 24.8 Å². The van der Waals surface area contributed by atoms with Gasteiger partial charge in [-0.2, -0.15) is 22.8 Å². The maximum Gasteiger partial charge on any atom is 0.453 e. The molecule has 0 unspecified atom stereocenters. The van der Waals surface area contributed by atoms with E-state index in [1.165, 1.54) is 12.4 Å². The highest BCUT2D eigenvalue weighted by Crippen LogP contribution is 2.28. The van der Waals surface area contributed by atoms with Gasteiger partial charge in [-0.25, -0.2) is 9.97 Å². The van der Waals surface area contributed by atoms with E-state index in [0.717, 1.165) is 21.4 Å². The third-order valence-corrected chi connectivity index (χ3v) is 4.91. The number of halogens is 3. The van der Waals surface area contributed by atoms with Crippen molar-refractivity contribution in [2.75, 3.05) is 36.0 Å². The van der Waals surface area contributed by atoms with Crippen molar-refractivity contribution in [1.29, 1.82) is 0 Å². The number of alkyl halides is 3. The van der Waals surface area contributed by atoms with Crippen LogP contribution in [0.3, 0.4) is 0 Å². The van der Waals surface area contributed by atoms with Gasteiger partial charge in [0.2, 0.25) is 0 Å². The Hall–Kier alpha value is -3.51. The molecular weight excluding hydrogens is 389 g/mol. The molecule has 13 heteroatoms. The van der Waals surface area contributed by atoms with Gasteiger partial charge >= 0.3 is 6.18 Å². The Morgan fingerprint density at radius 2 is 1.72 bits per heavy atom. The Morgan fingerprint density at radius 1 is 0.966 bits per heavy atom. The molecule has 0 amide bonds. The molecule has 150 valence electrons. The largest absolute Gasteiger partial charge is 0.453 e. The van der Waals surface area contributed by atoms with Crippen LogP contribution in [-0.2, 0) is 13.2 Å². The van der Waals surface area contributed by atoms with E-state index in [-0.39, 0.29) is 5.65 Å². The second-order valence-corrected chi connectivity index (χ2v) is 6.66. The average molecular weight is 404 g/mol. The lowest BCUT2D eigenvalue weighted by Crippen LogP contribution is -2.47. The molecule has 4 aromatic heterocycles. The highest BCUT2D eigenvalue weighted by atomic mass is 19.4. The first-order valence-corrected chi connectivity index (χ1v) is 8.84. The van der Waals surface area contributed by atoms with Gasteiger partial charge in [0.1, 0.15) is 18.0 Å². The smallest absolute Gasteiger partial charge is 0.352 e. The number of piperazine rings is 1. The van der Waals surface area contributed by atoms with Crippen LogP contribution in [-0.4, -0.2) is 65.7 Å². The molecular formula is C16H15F3N10. The summed E-state index contributed by atoms with van der Waals surface area (Å²) in [6.45, 7) is 2.42. The zero-order valence-electron chi connectivity index (χ0n) is 15.2. The van der Waals surface area contributed by atoms with Crippen molar-refractivity contribution in [3.05, 3.63) is 30.5 Å². The van der Waals surface area contributed by atoms with Crippen molar-refractivity contribution in [2.24, 2.45) is 7.05 Å². The lowest BCUT2D eigenvalue weighted by atomic mass is 10.2. The molecule has 0 N–H and O–H groups in total. The Kier molecular flexibility index (Phi) is 3.79. The summed E-state index contributed by atoms with van der Waals surface area (Å²) < 4.78 is 41.7. The SMILES string of the molecule is Cn1ncc2c(N3CCN(c4ccc5nnc(C(F)(F)F)n5n4)CC3)ncnc21. The van der Waals surface area contributed by atoms with Gasteiger partial charge in [-0.05, 0) is 12.1 Å². The van der Waals surface area contributed by atoms with Crippen molar-refractivity contribution >= 4 is 28.3 Å². The van der Waals surface area contributed by atoms with Crippen LogP contribution in [0.15, 0.2) is 24.7 Å². The van der Waals surface area contributed by atoms with Crippen LogP contribution < -0.4 is 9.80 Å². The lowest BCUT2D eigenvalue weighted by molar-refractivity contribution is -0.146. The normalized spacial score (nSPS) is 15.6. The number of aromatic nitrogens is 8. The molecule has 0 saturated carbocycles. The molecule has 0 spiro atoms. The molecule has 5 rings (SSSR count). The average Bonchev–Trinajstić information content (AvgIpc) is 3.31. The molecule has 1 fully saturated rings. The molecule has 0 bridgehead atoms. The Morgan fingerprint density at radius 3 is 2.48 bits per heavy atom. The molecule has 1 saturated heterocycles. The predicted octanol–water partition coefficient (Wildman–Crippen LogP) is 1.15. The minimum Gasteiger partial charge on any atom is -0.352 e. The van der Waals surface area contributed by atoms with Crippen molar-refractivity contribution < 1.29 is 13.2 Å². The third-order valence-electron chi connectivity index (χ3n) is 4.91. The predicted molar refractivity (Wildman–Crippen MR) is 96.5 cm³/mol. The molecule has 0 aromatic carbocycles. The van der Waals surface area contributed by atoms with E-state index < -0.39 is 12.0 Å². The van der Waals surface area contributed by atoms with E-state index in [0.29, 0.717) is 32.0 Å². The second-order valence-electron chi connectivity index (χ2n) is 6.66. The van der Waals surface area contributed by atoms with Crippen LogP contribution in [0.25, 0.3) is 16.7 Å². The number of nitrogens with zero attached hydrogens (tertiary/aromatic N) is 10. The molecule has 1 aliphatic rings. The minimum absolute atomic E-state index is 0.0552. The topological polar surface area (TPSA) is 93.2 Å². The van der Waals surface area contributed by atoms with Crippen molar-refractivity contribution in [3.63, 3.8) is 0 Å². The fourth-order valence-electron chi connectivity index (χ4n) is 3.47. The Balaban J connectivity index is 1.39. The first-order chi connectivity index (χ1) is 13.9. The van der Waals surface area contributed by atoms with Gasteiger partial charge in [0, 0.05) is 33.2 Å². The summed E-state index contributed by atoms with van der Waals surface area (Å²) in [5.41, 5.74) is 0.802. The van der Waals surface area contributed by atoms with E-state index >= 15 is 0 Å². The maximum absolute atomic E-state index is 13.1. The monoisotopic (exact) mass is 404 g/mol. The number of anilines is 2. The zero-order chi connectivity index (χ0) is 20.2. The van der Waals surface area contributed by atoms with Gasteiger partial charge < -0.3 is 9.80 Å². The number of aryl methyl sites for hydroxylation is 1. The number of hydrogen-bond acceptors (Lipinski definition) is 8. The number of rotatable bonds is 2. The van der Waals surface area contributed by atoms with E-state index in [4.69, 9.17) is 0 Å². The van der Waals surface area contributed by atoms with Gasteiger partial charge in [-0.3, -0.25) is 4.68 Å². The molecule has 5 heterocycles. The van der Waals surface area contributed by atoms with E-state index in [1.54, 1.807) is 16.9 Å². The molecule has 0 aliphatic carbocycles. The fraction of sp³-hybridized carbons (Fsp3) is 0.375. The number of fused-ring (bicyclic) bond motifs is 2. The van der Waals surface area contributed by atoms with Gasteiger partial charge in [-0.1, -0.05) is 0 Å². The van der Waals surface area contributed by atoms with Gasteiger partial charge in [0.15, 0.2) is 11.3 Å². The van der Waals surface area contributed by atoms with Gasteiger partial charge in [0.25, 0.3) is 5.82 Å². The summed E-state index contributed by atoms with van der Waals surface area (Å²) in [4.78, 5) is 12.7. The molecule has 4 aromatic rings. The third kappa shape index (κ3) is 2.89.